The van der Waals surface area contributed by atoms with Gasteiger partial charge in [-0.05, 0) is 31.5 Å². The van der Waals surface area contributed by atoms with E-state index in [1.807, 2.05) is 0 Å². The molecule has 2 amide bonds. The lowest BCUT2D eigenvalue weighted by Crippen LogP contribution is -2.63. The Morgan fingerprint density at radius 3 is 2.50 bits per heavy atom. The maximum absolute atomic E-state index is 11.9. The molecule has 1 aromatic carbocycles. The van der Waals surface area contributed by atoms with Crippen LogP contribution < -0.4 is 5.32 Å². The number of nitrogens with zero attached hydrogens (tertiary/aromatic N) is 1. The van der Waals surface area contributed by atoms with Gasteiger partial charge in [-0.1, -0.05) is 12.1 Å². The Labute approximate surface area is 105 Å². The number of benzene rings is 1. The molecule has 0 aliphatic carbocycles. The number of hydrogen-bond donors (Lipinski definition) is 2. The SMILES string of the molecule is CC1(C)C(=O)NCC(=O)N1Cc1ccc(O)cc1. The molecule has 0 spiro atoms. The molecule has 96 valence electrons. The lowest BCUT2D eigenvalue weighted by atomic mass is 9.97. The molecule has 0 unspecified atom stereocenters. The van der Waals surface area contributed by atoms with Gasteiger partial charge in [0, 0.05) is 6.54 Å². The summed E-state index contributed by atoms with van der Waals surface area (Å²) in [5.74, 6) is -0.0747. The monoisotopic (exact) mass is 248 g/mol. The fourth-order valence-corrected chi connectivity index (χ4v) is 1.97. The molecule has 0 aromatic heterocycles. The molecule has 1 aliphatic heterocycles. The Bertz CT molecular complexity index is 480. The second kappa shape index (κ2) is 4.33. The second-order valence-electron chi connectivity index (χ2n) is 4.89. The summed E-state index contributed by atoms with van der Waals surface area (Å²) in [6.07, 6.45) is 0. The van der Waals surface area contributed by atoms with Crippen LogP contribution in [0, 0.1) is 0 Å². The zero-order valence-corrected chi connectivity index (χ0v) is 10.4. The van der Waals surface area contributed by atoms with Crippen LogP contribution in [0.15, 0.2) is 24.3 Å². The van der Waals surface area contributed by atoms with Crippen LogP contribution in [0.4, 0.5) is 0 Å². The van der Waals surface area contributed by atoms with Gasteiger partial charge in [0.2, 0.25) is 11.8 Å². The van der Waals surface area contributed by atoms with Gasteiger partial charge in [0.05, 0.1) is 6.54 Å². The maximum atomic E-state index is 11.9. The highest BCUT2D eigenvalue weighted by atomic mass is 16.3. The van der Waals surface area contributed by atoms with Crippen molar-refractivity contribution in [3.8, 4) is 5.75 Å². The van der Waals surface area contributed by atoms with Crippen LogP contribution in [0.1, 0.15) is 19.4 Å². The van der Waals surface area contributed by atoms with Gasteiger partial charge in [0.15, 0.2) is 0 Å². The van der Waals surface area contributed by atoms with Gasteiger partial charge in [-0.3, -0.25) is 9.59 Å². The van der Waals surface area contributed by atoms with Crippen molar-refractivity contribution >= 4 is 11.8 Å². The van der Waals surface area contributed by atoms with Gasteiger partial charge in [-0.25, -0.2) is 0 Å². The Morgan fingerprint density at radius 1 is 1.28 bits per heavy atom. The fraction of sp³-hybridized carbons (Fsp3) is 0.385. The molecule has 1 fully saturated rings. The molecular formula is C13H16N2O3. The Kier molecular flexibility index (Phi) is 2.98. The molecule has 0 atom stereocenters. The van der Waals surface area contributed by atoms with E-state index in [0.29, 0.717) is 6.54 Å². The van der Waals surface area contributed by atoms with E-state index in [2.05, 4.69) is 5.32 Å². The molecule has 0 saturated carbocycles. The first-order chi connectivity index (χ1) is 8.41. The van der Waals surface area contributed by atoms with Crippen LogP contribution >= 0.6 is 0 Å². The summed E-state index contributed by atoms with van der Waals surface area (Å²) in [5, 5.41) is 11.8. The molecule has 2 N–H and O–H groups in total. The van der Waals surface area contributed by atoms with E-state index in [-0.39, 0.29) is 24.1 Å². The third-order valence-corrected chi connectivity index (χ3v) is 3.21. The van der Waals surface area contributed by atoms with E-state index in [1.54, 1.807) is 43.0 Å². The van der Waals surface area contributed by atoms with Gasteiger partial charge in [-0.15, -0.1) is 0 Å². The number of hydrogen-bond acceptors (Lipinski definition) is 3. The molecule has 5 heteroatoms. The summed E-state index contributed by atoms with van der Waals surface area (Å²) < 4.78 is 0. The molecule has 1 saturated heterocycles. The number of carbonyl (C=O) groups is 2. The largest absolute Gasteiger partial charge is 0.508 e. The number of amides is 2. The summed E-state index contributed by atoms with van der Waals surface area (Å²) in [6.45, 7) is 3.85. The number of rotatable bonds is 2. The van der Waals surface area contributed by atoms with Gasteiger partial charge in [-0.2, -0.15) is 0 Å². The lowest BCUT2D eigenvalue weighted by Gasteiger charge is -2.41. The third kappa shape index (κ3) is 2.16. The van der Waals surface area contributed by atoms with Crippen molar-refractivity contribution in [2.45, 2.75) is 25.9 Å². The van der Waals surface area contributed by atoms with E-state index in [1.165, 1.54) is 0 Å². The van der Waals surface area contributed by atoms with Crippen molar-refractivity contribution in [3.63, 3.8) is 0 Å². The van der Waals surface area contributed by atoms with Crippen LogP contribution in [-0.4, -0.2) is 33.9 Å². The quantitative estimate of drug-likeness (QED) is 0.806. The molecule has 2 rings (SSSR count). The zero-order chi connectivity index (χ0) is 13.3. The highest BCUT2D eigenvalue weighted by molar-refractivity contribution is 5.97. The highest BCUT2D eigenvalue weighted by Crippen LogP contribution is 2.22. The van der Waals surface area contributed by atoms with Crippen molar-refractivity contribution in [2.75, 3.05) is 6.54 Å². The van der Waals surface area contributed by atoms with Gasteiger partial charge in [0.25, 0.3) is 0 Å². The third-order valence-electron chi connectivity index (χ3n) is 3.21. The molecule has 5 nitrogen and oxygen atoms in total. The van der Waals surface area contributed by atoms with Gasteiger partial charge >= 0.3 is 0 Å². The number of phenolic OH excluding ortho intramolecular Hbond substituents is 1. The molecule has 1 aromatic rings. The standard InChI is InChI=1S/C13H16N2O3/c1-13(2)12(18)14-7-11(17)15(13)8-9-3-5-10(16)6-4-9/h3-6,16H,7-8H2,1-2H3,(H,14,18). The summed E-state index contributed by atoms with van der Waals surface area (Å²) in [5.41, 5.74) is 0.0247. The maximum Gasteiger partial charge on any atom is 0.245 e. The van der Waals surface area contributed by atoms with E-state index in [9.17, 15) is 14.7 Å². The number of nitrogens with one attached hydrogen (secondary N) is 1. The predicted molar refractivity (Wildman–Crippen MR) is 65.7 cm³/mol. The van der Waals surface area contributed by atoms with E-state index >= 15 is 0 Å². The average molecular weight is 248 g/mol. The smallest absolute Gasteiger partial charge is 0.245 e. The van der Waals surface area contributed by atoms with Gasteiger partial charge < -0.3 is 15.3 Å². The Balaban J connectivity index is 2.22. The molecule has 18 heavy (non-hydrogen) atoms. The van der Waals surface area contributed by atoms with Crippen LogP contribution in [0.25, 0.3) is 0 Å². The van der Waals surface area contributed by atoms with Crippen molar-refractivity contribution in [1.29, 1.82) is 0 Å². The highest BCUT2D eigenvalue weighted by Gasteiger charge is 2.41. The minimum absolute atomic E-state index is 0.0420. The van der Waals surface area contributed by atoms with Crippen molar-refractivity contribution < 1.29 is 14.7 Å². The Hall–Kier alpha value is -2.04. The zero-order valence-electron chi connectivity index (χ0n) is 10.4. The van der Waals surface area contributed by atoms with E-state index in [4.69, 9.17) is 0 Å². The fourth-order valence-electron chi connectivity index (χ4n) is 1.97. The van der Waals surface area contributed by atoms with E-state index in [0.717, 1.165) is 5.56 Å². The lowest BCUT2D eigenvalue weighted by molar-refractivity contribution is -0.152. The predicted octanol–water partition coefficient (Wildman–Crippen LogP) is 0.629. The first-order valence-corrected chi connectivity index (χ1v) is 5.78. The van der Waals surface area contributed by atoms with Crippen LogP contribution in [-0.2, 0) is 16.1 Å². The molecule has 0 radical (unpaired) electrons. The first kappa shape index (κ1) is 12.4. The summed E-state index contributed by atoms with van der Waals surface area (Å²) >= 11 is 0. The first-order valence-electron chi connectivity index (χ1n) is 5.78. The Morgan fingerprint density at radius 2 is 1.89 bits per heavy atom. The topological polar surface area (TPSA) is 69.6 Å². The van der Waals surface area contributed by atoms with Crippen molar-refractivity contribution in [2.24, 2.45) is 0 Å². The minimum Gasteiger partial charge on any atom is -0.508 e. The van der Waals surface area contributed by atoms with Crippen molar-refractivity contribution in [1.82, 2.24) is 10.2 Å². The summed E-state index contributed by atoms with van der Waals surface area (Å²) in [6, 6.07) is 6.62. The van der Waals surface area contributed by atoms with Crippen LogP contribution in [0.2, 0.25) is 0 Å². The normalized spacial score (nSPS) is 18.7. The molecule has 0 bridgehead atoms. The molecular weight excluding hydrogens is 232 g/mol. The minimum atomic E-state index is -0.854. The van der Waals surface area contributed by atoms with Crippen molar-refractivity contribution in [3.05, 3.63) is 29.8 Å². The number of carbonyl (C=O) groups excluding carboxylic acids is 2. The van der Waals surface area contributed by atoms with Crippen LogP contribution in [0.5, 0.6) is 5.75 Å². The number of aromatic hydroxyl groups is 1. The molecule has 1 aliphatic rings. The average Bonchev–Trinajstić information content (AvgIpc) is 2.32. The van der Waals surface area contributed by atoms with Crippen LogP contribution in [0.3, 0.4) is 0 Å². The second-order valence-corrected chi connectivity index (χ2v) is 4.89. The van der Waals surface area contributed by atoms with Gasteiger partial charge in [0.1, 0.15) is 11.3 Å². The summed E-state index contributed by atoms with van der Waals surface area (Å²) in [7, 11) is 0. The van der Waals surface area contributed by atoms with E-state index < -0.39 is 5.54 Å². The summed E-state index contributed by atoms with van der Waals surface area (Å²) in [4.78, 5) is 25.2. The number of phenols is 1. The number of piperazine rings is 1. The molecule has 1 heterocycles.